The highest BCUT2D eigenvalue weighted by Gasteiger charge is 2.09. The van der Waals surface area contributed by atoms with Crippen molar-refractivity contribution in [1.29, 1.82) is 0 Å². The van der Waals surface area contributed by atoms with Crippen LogP contribution in [-0.2, 0) is 0 Å². The summed E-state index contributed by atoms with van der Waals surface area (Å²) in [5.74, 6) is 0. The van der Waals surface area contributed by atoms with Gasteiger partial charge in [-0.05, 0) is 34.8 Å². The Hall–Kier alpha value is -0.510. The van der Waals surface area contributed by atoms with Gasteiger partial charge < -0.3 is 0 Å². The normalized spacial score (nSPS) is 14.0. The molecule has 2 rings (SSSR count). The Morgan fingerprint density at radius 2 is 1.00 bits per heavy atom. The van der Waals surface area contributed by atoms with Crippen molar-refractivity contribution in [3.05, 3.63) is 71.8 Å². The van der Waals surface area contributed by atoms with Crippen molar-refractivity contribution in [1.82, 2.24) is 0 Å². The third-order valence-corrected chi connectivity index (χ3v) is 7.80. The highest BCUT2D eigenvalue weighted by molar-refractivity contribution is 9.09. The van der Waals surface area contributed by atoms with Crippen molar-refractivity contribution in [2.75, 3.05) is 0 Å². The van der Waals surface area contributed by atoms with E-state index in [4.69, 9.17) is 0 Å². The molecular weight excluding hydrogens is 288 g/mol. The van der Waals surface area contributed by atoms with Gasteiger partial charge in [0.05, 0.1) is 0 Å². The van der Waals surface area contributed by atoms with Gasteiger partial charge in [-0.25, -0.2) is 0 Å². The van der Waals surface area contributed by atoms with Crippen LogP contribution in [-0.4, -0.2) is 0 Å². The van der Waals surface area contributed by atoms with Gasteiger partial charge in [0.15, 0.2) is 0 Å². The van der Waals surface area contributed by atoms with Crippen LogP contribution < -0.4 is 0 Å². The van der Waals surface area contributed by atoms with Crippen LogP contribution in [0.15, 0.2) is 60.7 Å². The lowest BCUT2D eigenvalue weighted by Crippen LogP contribution is -1.86. The van der Waals surface area contributed by atoms with E-state index in [1.54, 1.807) is 0 Å². The summed E-state index contributed by atoms with van der Waals surface area (Å²) in [5, 5.41) is 1.06. The molecule has 0 aliphatic heterocycles. The maximum atomic E-state index is 2.26. The predicted molar refractivity (Wildman–Crippen MR) is 92.5 cm³/mol. The van der Waals surface area contributed by atoms with E-state index in [0.29, 0.717) is 10.5 Å². The van der Waals surface area contributed by atoms with Crippen molar-refractivity contribution < 1.29 is 0 Å². The summed E-state index contributed by atoms with van der Waals surface area (Å²) in [6.07, 6.45) is 0. The summed E-state index contributed by atoms with van der Waals surface area (Å²) in [6, 6.07) is 21.4. The highest BCUT2D eigenvalue weighted by Crippen LogP contribution is 2.49. The molecule has 0 bridgehead atoms. The minimum atomic E-state index is 0.529. The third-order valence-electron chi connectivity index (χ3n) is 2.91. The van der Waals surface area contributed by atoms with Gasteiger partial charge in [0, 0.05) is 10.5 Å². The quantitative estimate of drug-likeness (QED) is 0.556. The first-order valence-corrected chi connectivity index (χ1v) is 9.97. The molecule has 2 aromatic rings. The van der Waals surface area contributed by atoms with Crippen LogP contribution in [0.3, 0.4) is 0 Å². The molecule has 0 fully saturated rings. The van der Waals surface area contributed by atoms with Gasteiger partial charge >= 0.3 is 0 Å². The number of hydrogen-bond acceptors (Lipinski definition) is 3. The fraction of sp³-hybridized carbons (Fsp3) is 0.250. The zero-order valence-electron chi connectivity index (χ0n) is 11.2. The topological polar surface area (TPSA) is 0 Å². The van der Waals surface area contributed by atoms with Crippen LogP contribution in [0.25, 0.3) is 0 Å². The Bertz CT molecular complexity index is 424. The number of hydrogen-bond donors (Lipinski definition) is 0. The van der Waals surface area contributed by atoms with Gasteiger partial charge in [0.1, 0.15) is 0 Å². The molecule has 3 heteroatoms. The summed E-state index contributed by atoms with van der Waals surface area (Å²) < 4.78 is 0. The van der Waals surface area contributed by atoms with E-state index >= 15 is 0 Å². The molecule has 0 aromatic heterocycles. The zero-order chi connectivity index (χ0) is 13.5. The van der Waals surface area contributed by atoms with E-state index in [9.17, 15) is 0 Å². The SMILES string of the molecule is CC(SSSC(C)c1ccccc1)c1ccccc1. The second-order valence-corrected chi connectivity index (χ2v) is 9.09. The van der Waals surface area contributed by atoms with E-state index in [1.165, 1.54) is 11.1 Å². The van der Waals surface area contributed by atoms with Crippen LogP contribution in [0.5, 0.6) is 0 Å². The van der Waals surface area contributed by atoms with E-state index in [1.807, 2.05) is 31.4 Å². The van der Waals surface area contributed by atoms with Crippen molar-refractivity contribution in [2.24, 2.45) is 0 Å². The van der Waals surface area contributed by atoms with Crippen molar-refractivity contribution in [2.45, 2.75) is 24.3 Å². The van der Waals surface area contributed by atoms with Crippen LogP contribution in [0.2, 0.25) is 0 Å². The first-order valence-electron chi connectivity index (χ1n) is 6.36. The molecule has 0 spiro atoms. The molecule has 0 nitrogen and oxygen atoms in total. The Morgan fingerprint density at radius 3 is 1.37 bits per heavy atom. The minimum Gasteiger partial charge on any atom is -0.0746 e. The molecule has 0 N–H and O–H groups in total. The van der Waals surface area contributed by atoms with E-state index in [0.717, 1.165) is 0 Å². The molecule has 2 atom stereocenters. The summed E-state index contributed by atoms with van der Waals surface area (Å²) in [7, 11) is 5.76. The van der Waals surface area contributed by atoms with Gasteiger partial charge in [-0.1, -0.05) is 82.3 Å². The van der Waals surface area contributed by atoms with E-state index < -0.39 is 0 Å². The van der Waals surface area contributed by atoms with Gasteiger partial charge in [0.25, 0.3) is 0 Å². The number of benzene rings is 2. The van der Waals surface area contributed by atoms with Crippen molar-refractivity contribution >= 4 is 31.4 Å². The van der Waals surface area contributed by atoms with Gasteiger partial charge in [0.2, 0.25) is 0 Å². The standard InChI is InChI=1S/C16H18S3/c1-13(15-9-5-3-6-10-15)17-19-18-14(2)16-11-7-4-8-12-16/h3-14H,1-2H3. The maximum absolute atomic E-state index is 2.26. The van der Waals surface area contributed by atoms with Crippen molar-refractivity contribution in [3.8, 4) is 0 Å². The number of rotatable bonds is 6. The van der Waals surface area contributed by atoms with Crippen molar-refractivity contribution in [3.63, 3.8) is 0 Å². The minimum absolute atomic E-state index is 0.529. The van der Waals surface area contributed by atoms with E-state index in [-0.39, 0.29) is 0 Å². The average Bonchev–Trinajstić information content (AvgIpc) is 2.49. The fourth-order valence-electron chi connectivity index (χ4n) is 1.70. The van der Waals surface area contributed by atoms with Crippen LogP contribution >= 0.6 is 31.4 Å². The van der Waals surface area contributed by atoms with Gasteiger partial charge in [-0.15, -0.1) is 0 Å². The summed E-state index contributed by atoms with van der Waals surface area (Å²) in [5.41, 5.74) is 2.79. The van der Waals surface area contributed by atoms with Crippen LogP contribution in [0, 0.1) is 0 Å². The lowest BCUT2D eigenvalue weighted by molar-refractivity contribution is 1.11. The summed E-state index contributed by atoms with van der Waals surface area (Å²) >= 11 is 0. The lowest BCUT2D eigenvalue weighted by atomic mass is 10.2. The van der Waals surface area contributed by atoms with E-state index in [2.05, 4.69) is 74.5 Å². The largest absolute Gasteiger partial charge is 0.0746 e. The van der Waals surface area contributed by atoms with Crippen LogP contribution in [0.1, 0.15) is 35.5 Å². The Balaban J connectivity index is 1.78. The molecule has 0 radical (unpaired) electrons. The first kappa shape index (κ1) is 14.9. The monoisotopic (exact) mass is 306 g/mol. The molecule has 2 unspecified atom stereocenters. The molecule has 100 valence electrons. The zero-order valence-corrected chi connectivity index (χ0v) is 13.6. The first-order chi connectivity index (χ1) is 9.27. The van der Waals surface area contributed by atoms with Crippen LogP contribution in [0.4, 0.5) is 0 Å². The summed E-state index contributed by atoms with van der Waals surface area (Å²) in [6.45, 7) is 4.53. The molecular formula is C16H18S3. The Morgan fingerprint density at radius 1 is 0.632 bits per heavy atom. The molecule has 0 aliphatic rings. The molecule has 0 saturated carbocycles. The Labute approximate surface area is 127 Å². The fourth-order valence-corrected chi connectivity index (χ4v) is 6.56. The second-order valence-electron chi connectivity index (χ2n) is 4.37. The van der Waals surface area contributed by atoms with Gasteiger partial charge in [-0.2, -0.15) is 0 Å². The molecule has 19 heavy (non-hydrogen) atoms. The molecule has 0 aliphatic carbocycles. The summed E-state index contributed by atoms with van der Waals surface area (Å²) in [4.78, 5) is 0. The predicted octanol–water partition coefficient (Wildman–Crippen LogP) is 6.54. The molecule has 2 aromatic carbocycles. The lowest BCUT2D eigenvalue weighted by Gasteiger charge is -2.13. The maximum Gasteiger partial charge on any atom is 0.0381 e. The van der Waals surface area contributed by atoms with Gasteiger partial charge in [-0.3, -0.25) is 0 Å². The molecule has 0 amide bonds. The second kappa shape index (κ2) is 7.93. The molecule has 0 saturated heterocycles. The average molecular weight is 307 g/mol. The Kier molecular flexibility index (Phi) is 6.21. The highest BCUT2D eigenvalue weighted by atomic mass is 33.5. The smallest absolute Gasteiger partial charge is 0.0381 e. The molecule has 0 heterocycles. The third kappa shape index (κ3) is 4.83.